The van der Waals surface area contributed by atoms with Crippen LogP contribution in [0.15, 0.2) is 42.5 Å². The summed E-state index contributed by atoms with van der Waals surface area (Å²) in [5.74, 6) is 0. The molecule has 1 aliphatic rings. The van der Waals surface area contributed by atoms with E-state index in [9.17, 15) is 5.11 Å². The maximum Gasteiger partial charge on any atom is 0.0926 e. The maximum atomic E-state index is 10.8. The van der Waals surface area contributed by atoms with Gasteiger partial charge in [-0.05, 0) is 42.3 Å². The van der Waals surface area contributed by atoms with Crippen LogP contribution in [-0.2, 0) is 5.60 Å². The molecule has 0 saturated carbocycles. The fraction of sp³-hybridized carbons (Fsp3) is 0.333. The normalized spacial score (nSPS) is 18.3. The summed E-state index contributed by atoms with van der Waals surface area (Å²) in [5, 5.41) is 16.5. The molecular weight excluding hydrogens is 246 g/mol. The van der Waals surface area contributed by atoms with E-state index in [2.05, 4.69) is 29.6 Å². The second-order valence-corrected chi connectivity index (χ2v) is 4.81. The summed E-state index contributed by atoms with van der Waals surface area (Å²) in [7, 11) is 0. The summed E-state index contributed by atoms with van der Waals surface area (Å²) in [4.78, 5) is 0. The SMILES string of the molecule is Cl.OC1(c2cccc3ccccc23)CCNCC1. The number of aliphatic hydroxyl groups is 1. The Bertz CT molecular complexity index is 530. The first-order chi connectivity index (χ1) is 8.30. The number of piperidine rings is 1. The van der Waals surface area contributed by atoms with Gasteiger partial charge in [-0.15, -0.1) is 12.4 Å². The van der Waals surface area contributed by atoms with Gasteiger partial charge in [-0.1, -0.05) is 42.5 Å². The maximum absolute atomic E-state index is 10.8. The van der Waals surface area contributed by atoms with Crippen LogP contribution in [-0.4, -0.2) is 18.2 Å². The first kappa shape index (κ1) is 13.3. The zero-order chi connectivity index (χ0) is 11.7. The van der Waals surface area contributed by atoms with E-state index < -0.39 is 5.60 Å². The summed E-state index contributed by atoms with van der Waals surface area (Å²) >= 11 is 0. The number of halogens is 1. The van der Waals surface area contributed by atoms with Gasteiger partial charge in [-0.25, -0.2) is 0 Å². The van der Waals surface area contributed by atoms with Crippen molar-refractivity contribution < 1.29 is 5.11 Å². The second-order valence-electron chi connectivity index (χ2n) is 4.81. The zero-order valence-corrected chi connectivity index (χ0v) is 11.0. The van der Waals surface area contributed by atoms with Crippen LogP contribution in [0.4, 0.5) is 0 Å². The molecule has 2 aromatic carbocycles. The lowest BCUT2D eigenvalue weighted by Gasteiger charge is -2.34. The van der Waals surface area contributed by atoms with E-state index in [1.54, 1.807) is 0 Å². The molecule has 3 heteroatoms. The van der Waals surface area contributed by atoms with Gasteiger partial charge in [0, 0.05) is 0 Å². The van der Waals surface area contributed by atoms with Crippen molar-refractivity contribution in [3.05, 3.63) is 48.0 Å². The highest BCUT2D eigenvalue weighted by atomic mass is 35.5. The van der Waals surface area contributed by atoms with E-state index in [-0.39, 0.29) is 12.4 Å². The molecule has 0 unspecified atom stereocenters. The highest BCUT2D eigenvalue weighted by Crippen LogP contribution is 2.35. The molecule has 0 radical (unpaired) electrons. The Kier molecular flexibility index (Phi) is 3.91. The molecule has 0 atom stereocenters. The third-order valence-corrected chi connectivity index (χ3v) is 3.72. The van der Waals surface area contributed by atoms with Gasteiger partial charge in [0.05, 0.1) is 5.60 Å². The molecule has 2 aromatic rings. The van der Waals surface area contributed by atoms with E-state index in [1.807, 2.05) is 18.2 Å². The molecule has 0 aromatic heterocycles. The van der Waals surface area contributed by atoms with Crippen molar-refractivity contribution in [3.8, 4) is 0 Å². The minimum absolute atomic E-state index is 0. The number of hydrogen-bond acceptors (Lipinski definition) is 2. The second kappa shape index (κ2) is 5.27. The fourth-order valence-electron chi connectivity index (χ4n) is 2.74. The average Bonchev–Trinajstić information content (AvgIpc) is 2.39. The van der Waals surface area contributed by atoms with Crippen molar-refractivity contribution in [2.75, 3.05) is 13.1 Å². The predicted molar refractivity (Wildman–Crippen MR) is 77.2 cm³/mol. The Morgan fingerprint density at radius 2 is 1.61 bits per heavy atom. The number of rotatable bonds is 1. The number of nitrogens with one attached hydrogen (secondary N) is 1. The lowest BCUT2D eigenvalue weighted by atomic mass is 9.82. The number of benzene rings is 2. The van der Waals surface area contributed by atoms with E-state index in [0.717, 1.165) is 31.5 Å². The molecule has 2 N–H and O–H groups in total. The largest absolute Gasteiger partial charge is 0.385 e. The van der Waals surface area contributed by atoms with Gasteiger partial charge >= 0.3 is 0 Å². The van der Waals surface area contributed by atoms with Crippen molar-refractivity contribution in [3.63, 3.8) is 0 Å². The van der Waals surface area contributed by atoms with E-state index in [4.69, 9.17) is 0 Å². The lowest BCUT2D eigenvalue weighted by molar-refractivity contribution is 0.00735. The van der Waals surface area contributed by atoms with Crippen LogP contribution in [0.3, 0.4) is 0 Å². The quantitative estimate of drug-likeness (QED) is 0.829. The van der Waals surface area contributed by atoms with Gasteiger partial charge < -0.3 is 10.4 Å². The smallest absolute Gasteiger partial charge is 0.0926 e. The number of hydrogen-bond donors (Lipinski definition) is 2. The van der Waals surface area contributed by atoms with Crippen LogP contribution in [0.25, 0.3) is 10.8 Å². The molecular formula is C15H18ClNO. The Morgan fingerprint density at radius 1 is 0.944 bits per heavy atom. The van der Waals surface area contributed by atoms with E-state index >= 15 is 0 Å². The van der Waals surface area contributed by atoms with Crippen LogP contribution >= 0.6 is 12.4 Å². The molecule has 1 heterocycles. The summed E-state index contributed by atoms with van der Waals surface area (Å²) in [5.41, 5.74) is 0.420. The van der Waals surface area contributed by atoms with Crippen molar-refractivity contribution in [1.29, 1.82) is 0 Å². The highest BCUT2D eigenvalue weighted by molar-refractivity contribution is 5.86. The van der Waals surface area contributed by atoms with Gasteiger partial charge in [0.25, 0.3) is 0 Å². The van der Waals surface area contributed by atoms with Gasteiger partial charge in [-0.2, -0.15) is 0 Å². The minimum Gasteiger partial charge on any atom is -0.385 e. The molecule has 0 spiro atoms. The standard InChI is InChI=1S/C15H17NO.ClH/c17-15(8-10-16-11-9-15)14-7-3-5-12-4-1-2-6-13(12)14;/h1-7,16-17H,8-11H2;1H. The average molecular weight is 264 g/mol. The Hall–Kier alpha value is -1.09. The molecule has 1 fully saturated rings. The van der Waals surface area contributed by atoms with Crippen molar-refractivity contribution in [2.24, 2.45) is 0 Å². The molecule has 2 nitrogen and oxygen atoms in total. The fourth-order valence-corrected chi connectivity index (χ4v) is 2.74. The molecule has 3 rings (SSSR count). The van der Waals surface area contributed by atoms with Gasteiger partial charge in [0.1, 0.15) is 0 Å². The van der Waals surface area contributed by atoms with Gasteiger partial charge in [-0.3, -0.25) is 0 Å². The molecule has 1 saturated heterocycles. The topological polar surface area (TPSA) is 32.3 Å². The third kappa shape index (κ3) is 2.24. The van der Waals surface area contributed by atoms with Crippen LogP contribution in [0.2, 0.25) is 0 Å². The van der Waals surface area contributed by atoms with Crippen molar-refractivity contribution >= 4 is 23.2 Å². The summed E-state index contributed by atoms with van der Waals surface area (Å²) in [6.07, 6.45) is 1.59. The Balaban J connectivity index is 0.00000120. The van der Waals surface area contributed by atoms with Crippen LogP contribution in [0, 0.1) is 0 Å². The van der Waals surface area contributed by atoms with Crippen molar-refractivity contribution in [2.45, 2.75) is 18.4 Å². The Labute approximate surface area is 113 Å². The highest BCUT2D eigenvalue weighted by Gasteiger charge is 2.32. The van der Waals surface area contributed by atoms with Crippen LogP contribution in [0.1, 0.15) is 18.4 Å². The predicted octanol–water partition coefficient (Wildman–Crippen LogP) is 2.83. The number of fused-ring (bicyclic) bond motifs is 1. The first-order valence-corrected chi connectivity index (χ1v) is 6.21. The van der Waals surface area contributed by atoms with Crippen LogP contribution in [0.5, 0.6) is 0 Å². The summed E-state index contributed by atoms with van der Waals surface area (Å²) in [6.45, 7) is 1.78. The molecule has 0 bridgehead atoms. The Morgan fingerprint density at radius 3 is 2.39 bits per heavy atom. The van der Waals surface area contributed by atoms with E-state index in [0.29, 0.717) is 0 Å². The molecule has 0 amide bonds. The zero-order valence-electron chi connectivity index (χ0n) is 10.2. The summed E-state index contributed by atoms with van der Waals surface area (Å²) in [6, 6.07) is 14.5. The first-order valence-electron chi connectivity index (χ1n) is 6.21. The lowest BCUT2D eigenvalue weighted by Crippen LogP contribution is -2.39. The molecule has 0 aliphatic carbocycles. The molecule has 96 valence electrons. The molecule has 18 heavy (non-hydrogen) atoms. The molecule has 1 aliphatic heterocycles. The van der Waals surface area contributed by atoms with Crippen molar-refractivity contribution in [1.82, 2.24) is 5.32 Å². The summed E-state index contributed by atoms with van der Waals surface area (Å²) < 4.78 is 0. The van der Waals surface area contributed by atoms with E-state index in [1.165, 1.54) is 10.8 Å². The third-order valence-electron chi connectivity index (χ3n) is 3.72. The minimum atomic E-state index is -0.661. The van der Waals surface area contributed by atoms with Gasteiger partial charge in [0.2, 0.25) is 0 Å². The van der Waals surface area contributed by atoms with Crippen LogP contribution < -0.4 is 5.32 Å². The monoisotopic (exact) mass is 263 g/mol. The van der Waals surface area contributed by atoms with Gasteiger partial charge in [0.15, 0.2) is 0 Å².